The molecule has 0 spiro atoms. The van der Waals surface area contributed by atoms with E-state index < -0.39 is 6.10 Å². The number of hydrogen-bond acceptors (Lipinski definition) is 5. The normalized spacial score (nSPS) is 13.4. The van der Waals surface area contributed by atoms with Crippen LogP contribution in [0.5, 0.6) is 0 Å². The van der Waals surface area contributed by atoms with Crippen LogP contribution in [0.1, 0.15) is 175 Å². The van der Waals surface area contributed by atoms with Crippen LogP contribution in [-0.2, 0) is 23.8 Å². The van der Waals surface area contributed by atoms with E-state index in [-0.39, 0.29) is 25.2 Å². The Kier molecular flexibility index (Phi) is 44.6. The van der Waals surface area contributed by atoms with Crippen LogP contribution in [0.2, 0.25) is 0 Å². The molecule has 58 heavy (non-hydrogen) atoms. The Bertz CT molecular complexity index is 1220. The molecule has 0 aromatic rings. The lowest BCUT2D eigenvalue weighted by molar-refractivity contribution is -0.162. The molecule has 326 valence electrons. The number of rotatable bonds is 40. The van der Waals surface area contributed by atoms with Gasteiger partial charge in [-0.15, -0.1) is 0 Å². The van der Waals surface area contributed by atoms with Gasteiger partial charge in [-0.1, -0.05) is 187 Å². The van der Waals surface area contributed by atoms with Crippen molar-refractivity contribution >= 4 is 11.9 Å². The van der Waals surface area contributed by atoms with Gasteiger partial charge >= 0.3 is 11.9 Å². The van der Waals surface area contributed by atoms with Crippen molar-refractivity contribution < 1.29 is 23.8 Å². The Labute approximate surface area is 356 Å². The highest BCUT2D eigenvalue weighted by Crippen LogP contribution is 2.10. The zero-order valence-corrected chi connectivity index (χ0v) is 37.3. The smallest absolute Gasteiger partial charge is 0.306 e. The van der Waals surface area contributed by atoms with Crippen molar-refractivity contribution in [2.75, 3.05) is 19.8 Å². The van der Waals surface area contributed by atoms with Crippen LogP contribution < -0.4 is 0 Å². The number of hydrogen-bond donors (Lipinski definition) is 0. The second-order valence-electron chi connectivity index (χ2n) is 14.5. The molecular formula is C53H84O5. The minimum absolute atomic E-state index is 0.0262. The third kappa shape index (κ3) is 45.0. The Morgan fingerprint density at radius 1 is 0.397 bits per heavy atom. The number of unbranched alkanes of at least 4 members (excludes halogenated alkanes) is 9. The third-order valence-electron chi connectivity index (χ3n) is 8.99. The molecule has 0 rings (SSSR count). The molecule has 0 aromatic carbocycles. The van der Waals surface area contributed by atoms with Gasteiger partial charge in [0.1, 0.15) is 6.61 Å². The quantitative estimate of drug-likeness (QED) is 0.0351. The first-order valence-electron chi connectivity index (χ1n) is 23.1. The molecule has 0 saturated heterocycles. The van der Waals surface area contributed by atoms with E-state index in [1.807, 2.05) is 0 Å². The van der Waals surface area contributed by atoms with Crippen molar-refractivity contribution in [3.63, 3.8) is 0 Å². The summed E-state index contributed by atoms with van der Waals surface area (Å²) in [6.07, 6.45) is 66.4. The molecule has 0 amide bonds. The van der Waals surface area contributed by atoms with Crippen molar-refractivity contribution in [1.29, 1.82) is 0 Å². The topological polar surface area (TPSA) is 61.8 Å². The fourth-order valence-corrected chi connectivity index (χ4v) is 5.64. The van der Waals surface area contributed by atoms with Crippen molar-refractivity contribution in [3.05, 3.63) is 122 Å². The highest BCUT2D eigenvalue weighted by molar-refractivity contribution is 5.70. The van der Waals surface area contributed by atoms with Crippen LogP contribution in [0.4, 0.5) is 0 Å². The Balaban J connectivity index is 4.42. The molecular weight excluding hydrogens is 717 g/mol. The van der Waals surface area contributed by atoms with Gasteiger partial charge in [0, 0.05) is 19.4 Å². The summed E-state index contributed by atoms with van der Waals surface area (Å²) in [7, 11) is 0. The van der Waals surface area contributed by atoms with E-state index in [1.165, 1.54) is 38.5 Å². The molecule has 0 heterocycles. The lowest BCUT2D eigenvalue weighted by Crippen LogP contribution is -2.30. The number of allylic oxidation sites excluding steroid dienone is 20. The van der Waals surface area contributed by atoms with Gasteiger partial charge in [0.05, 0.1) is 6.61 Å². The molecule has 0 bridgehead atoms. The van der Waals surface area contributed by atoms with Gasteiger partial charge in [0.2, 0.25) is 0 Å². The first-order valence-corrected chi connectivity index (χ1v) is 23.1. The summed E-state index contributed by atoms with van der Waals surface area (Å²) in [6, 6.07) is 0. The molecule has 0 aliphatic heterocycles. The average molecular weight is 801 g/mol. The molecule has 1 atom stereocenters. The van der Waals surface area contributed by atoms with Crippen molar-refractivity contribution in [2.45, 2.75) is 181 Å². The molecule has 0 aliphatic rings. The van der Waals surface area contributed by atoms with Crippen molar-refractivity contribution in [2.24, 2.45) is 0 Å². The largest absolute Gasteiger partial charge is 0.462 e. The second-order valence-corrected chi connectivity index (χ2v) is 14.5. The van der Waals surface area contributed by atoms with Gasteiger partial charge < -0.3 is 14.2 Å². The zero-order valence-electron chi connectivity index (χ0n) is 37.3. The van der Waals surface area contributed by atoms with Gasteiger partial charge in [-0.05, 0) is 96.3 Å². The van der Waals surface area contributed by atoms with Gasteiger partial charge in [-0.3, -0.25) is 9.59 Å². The molecule has 0 radical (unpaired) electrons. The minimum Gasteiger partial charge on any atom is -0.462 e. The van der Waals surface area contributed by atoms with Gasteiger partial charge in [0.25, 0.3) is 0 Å². The predicted molar refractivity (Wildman–Crippen MR) is 251 cm³/mol. The number of carbonyl (C=O) groups excluding carboxylic acids is 2. The van der Waals surface area contributed by atoms with E-state index in [9.17, 15) is 9.59 Å². The number of esters is 2. The maximum Gasteiger partial charge on any atom is 0.306 e. The Morgan fingerprint density at radius 2 is 0.759 bits per heavy atom. The van der Waals surface area contributed by atoms with E-state index in [1.54, 1.807) is 0 Å². The number of carbonyl (C=O) groups is 2. The molecule has 5 nitrogen and oxygen atoms in total. The fraction of sp³-hybridized carbons (Fsp3) is 0.585. The Morgan fingerprint density at radius 3 is 1.17 bits per heavy atom. The van der Waals surface area contributed by atoms with Crippen LogP contribution in [-0.4, -0.2) is 37.9 Å². The summed E-state index contributed by atoms with van der Waals surface area (Å²) in [6.45, 7) is 7.43. The van der Waals surface area contributed by atoms with Crippen LogP contribution in [0.15, 0.2) is 122 Å². The molecule has 1 unspecified atom stereocenters. The molecule has 0 N–H and O–H groups in total. The number of ether oxygens (including phenoxy) is 3. The molecule has 0 aromatic heterocycles. The van der Waals surface area contributed by atoms with Crippen LogP contribution in [0.25, 0.3) is 0 Å². The monoisotopic (exact) mass is 801 g/mol. The molecule has 0 aliphatic carbocycles. The van der Waals surface area contributed by atoms with Crippen molar-refractivity contribution in [3.8, 4) is 0 Å². The van der Waals surface area contributed by atoms with Crippen molar-refractivity contribution in [1.82, 2.24) is 0 Å². The van der Waals surface area contributed by atoms with Gasteiger partial charge in [0.15, 0.2) is 6.10 Å². The SMILES string of the molecule is CC/C=C\C/C=C\C/C=C\C/C=C\C/C=C\CCCC(=O)OCC(COCCCCCCCCCC)OC(=O)CCC/C=C\C/C=C\C/C=C\C/C=C\C/C=C\CC. The first-order chi connectivity index (χ1) is 28.6. The highest BCUT2D eigenvalue weighted by Gasteiger charge is 2.17. The summed E-state index contributed by atoms with van der Waals surface area (Å²) in [5.74, 6) is -0.544. The fourth-order valence-electron chi connectivity index (χ4n) is 5.64. The molecule has 0 fully saturated rings. The summed E-state index contributed by atoms with van der Waals surface area (Å²) >= 11 is 0. The summed E-state index contributed by atoms with van der Waals surface area (Å²) in [5, 5.41) is 0. The minimum atomic E-state index is -0.592. The van der Waals surface area contributed by atoms with Gasteiger partial charge in [-0.25, -0.2) is 0 Å². The predicted octanol–water partition coefficient (Wildman–Crippen LogP) is 15.4. The zero-order chi connectivity index (χ0) is 42.1. The third-order valence-corrected chi connectivity index (χ3v) is 8.99. The van der Waals surface area contributed by atoms with E-state index in [4.69, 9.17) is 14.2 Å². The van der Waals surface area contributed by atoms with E-state index in [0.717, 1.165) is 96.3 Å². The summed E-state index contributed by atoms with van der Waals surface area (Å²) in [4.78, 5) is 25.2. The maximum atomic E-state index is 12.7. The van der Waals surface area contributed by atoms with E-state index in [0.29, 0.717) is 25.9 Å². The van der Waals surface area contributed by atoms with Gasteiger partial charge in [-0.2, -0.15) is 0 Å². The Hall–Kier alpha value is -3.70. The van der Waals surface area contributed by atoms with Crippen LogP contribution >= 0.6 is 0 Å². The summed E-state index contributed by atoms with van der Waals surface area (Å²) in [5.41, 5.74) is 0. The van der Waals surface area contributed by atoms with Crippen LogP contribution in [0.3, 0.4) is 0 Å². The van der Waals surface area contributed by atoms with E-state index >= 15 is 0 Å². The molecule has 0 saturated carbocycles. The van der Waals surface area contributed by atoms with Crippen LogP contribution in [0, 0.1) is 0 Å². The lowest BCUT2D eigenvalue weighted by atomic mass is 10.1. The lowest BCUT2D eigenvalue weighted by Gasteiger charge is -2.18. The standard InChI is InChI=1S/C53H84O5/c1-4-7-10-13-16-19-21-23-25-27-29-31-33-35-37-40-43-46-52(54)57-50-51(49-56-48-45-42-39-18-15-12-9-6-3)58-53(55)47-44-41-38-36-34-32-30-28-26-24-22-20-17-14-11-8-5-2/h7-8,10-11,16-17,19-20,23-26,29-32,35-38,51H,4-6,9,12-15,18,21-22,27-28,33-34,39-50H2,1-3H3/b10-7-,11-8-,19-16-,20-17-,25-23-,26-24-,31-29-,32-30-,37-35-,38-36-. The highest BCUT2D eigenvalue weighted by atomic mass is 16.6. The summed E-state index contributed by atoms with van der Waals surface area (Å²) < 4.78 is 17.2. The average Bonchev–Trinajstić information content (AvgIpc) is 3.22. The maximum absolute atomic E-state index is 12.7. The molecule has 5 heteroatoms. The van der Waals surface area contributed by atoms with E-state index in [2.05, 4.69) is 142 Å². The first kappa shape index (κ1) is 54.3. The second kappa shape index (κ2) is 47.7.